The number of hydrogen-bond donors (Lipinski definition) is 1. The third-order valence-corrected chi connectivity index (χ3v) is 5.13. The number of H-pyrrole nitrogens is 1. The minimum atomic E-state index is -1.75. The molecule has 3 unspecified atom stereocenters. The number of benzene rings is 1. The quantitative estimate of drug-likeness (QED) is 0.771. The smallest absolute Gasteiger partial charge is 0.397 e. The van der Waals surface area contributed by atoms with E-state index in [0.717, 1.165) is 17.7 Å². The van der Waals surface area contributed by atoms with Gasteiger partial charge in [-0.25, -0.2) is 13.6 Å². The van der Waals surface area contributed by atoms with Crippen molar-refractivity contribution in [2.75, 3.05) is 13.5 Å². The third kappa shape index (κ3) is 5.23. The molecule has 1 N–H and O–H groups in total. The predicted molar refractivity (Wildman–Crippen MR) is 96.3 cm³/mol. The molecule has 0 saturated carbocycles. The summed E-state index contributed by atoms with van der Waals surface area (Å²) >= 11 is 0. The molecular formula is C17H19F2N2O6P. The molecule has 1 saturated heterocycles. The molecule has 3 heterocycles. The summed E-state index contributed by atoms with van der Waals surface area (Å²) in [5, 5.41) is 0. The summed E-state index contributed by atoms with van der Waals surface area (Å²) in [5.74, 6) is 0.782. The Morgan fingerprint density at radius 2 is 2.00 bits per heavy atom. The van der Waals surface area contributed by atoms with E-state index in [2.05, 4.69) is 4.98 Å². The van der Waals surface area contributed by atoms with E-state index in [1.165, 1.54) is 16.8 Å². The molecule has 1 aromatic carbocycles. The van der Waals surface area contributed by atoms with E-state index in [0.29, 0.717) is 19.6 Å². The number of fused-ring (bicyclic) bond motifs is 1. The first-order valence-corrected chi connectivity index (χ1v) is 9.61. The van der Waals surface area contributed by atoms with Gasteiger partial charge in [0.1, 0.15) is 12.0 Å². The molecule has 0 amide bonds. The number of aromatic amines is 1. The van der Waals surface area contributed by atoms with Crippen molar-refractivity contribution in [1.82, 2.24) is 9.55 Å². The maximum atomic E-state index is 11.8. The second-order valence-electron chi connectivity index (χ2n) is 5.90. The van der Waals surface area contributed by atoms with Gasteiger partial charge in [0.2, 0.25) is 6.93 Å². The van der Waals surface area contributed by atoms with Crippen LogP contribution in [-0.4, -0.2) is 29.2 Å². The lowest BCUT2D eigenvalue weighted by Gasteiger charge is -2.24. The minimum Gasteiger partial charge on any atom is -0.426 e. The molecule has 1 fully saturated rings. The highest BCUT2D eigenvalue weighted by atomic mass is 31.2. The summed E-state index contributed by atoms with van der Waals surface area (Å²) in [6, 6.07) is 8.99. The lowest BCUT2D eigenvalue weighted by molar-refractivity contribution is -0.0229. The molecule has 152 valence electrons. The van der Waals surface area contributed by atoms with Crippen molar-refractivity contribution in [2.45, 2.75) is 31.8 Å². The van der Waals surface area contributed by atoms with Crippen LogP contribution < -0.4 is 15.8 Å². The van der Waals surface area contributed by atoms with Gasteiger partial charge < -0.3 is 9.26 Å². The number of alkyl halides is 2. The van der Waals surface area contributed by atoms with Gasteiger partial charge in [0.15, 0.2) is 0 Å². The van der Waals surface area contributed by atoms with Gasteiger partial charge in [-0.05, 0) is 18.9 Å². The summed E-state index contributed by atoms with van der Waals surface area (Å²) < 4.78 is 43.5. The van der Waals surface area contributed by atoms with Gasteiger partial charge in [0, 0.05) is 17.8 Å². The van der Waals surface area contributed by atoms with Gasteiger partial charge in [0.25, 0.3) is 5.56 Å². The Bertz CT molecular complexity index is 892. The van der Waals surface area contributed by atoms with Gasteiger partial charge in [-0.3, -0.25) is 23.4 Å². The van der Waals surface area contributed by atoms with E-state index in [-0.39, 0.29) is 6.10 Å². The second kappa shape index (κ2) is 9.88. The molecule has 2 aromatic rings. The average Bonchev–Trinajstić information content (AvgIpc) is 3.15. The zero-order valence-corrected chi connectivity index (χ0v) is 15.6. The standard InChI is InChI=1S/C16H17N2O6P.CH2F2/c19-14-7-8-18(16(20)17-14)15-6-5-12(23-15)10-22-25-21-9-11-3-1-2-4-13(11)24-25;2-1-3/h1-4,7-8,12,15H,5-6,9-10H2,(H,17,19,20);1H2. The number of ether oxygens (including phenoxy) is 1. The van der Waals surface area contributed by atoms with E-state index >= 15 is 0 Å². The predicted octanol–water partition coefficient (Wildman–Crippen LogP) is 2.95. The molecule has 8 nitrogen and oxygen atoms in total. The number of hydrogen-bond acceptors (Lipinski definition) is 6. The fourth-order valence-electron chi connectivity index (χ4n) is 2.82. The normalized spacial score (nSPS) is 23.3. The highest BCUT2D eigenvalue weighted by Crippen LogP contribution is 2.47. The monoisotopic (exact) mass is 416 g/mol. The van der Waals surface area contributed by atoms with Crippen LogP contribution in [0, 0.1) is 0 Å². The van der Waals surface area contributed by atoms with Crippen LogP contribution in [0.15, 0.2) is 46.1 Å². The van der Waals surface area contributed by atoms with Crippen molar-refractivity contribution in [3.63, 3.8) is 0 Å². The Kier molecular flexibility index (Phi) is 7.27. The van der Waals surface area contributed by atoms with E-state index in [1.54, 1.807) is 0 Å². The Morgan fingerprint density at radius 1 is 1.21 bits per heavy atom. The van der Waals surface area contributed by atoms with Gasteiger partial charge in [0.05, 0.1) is 19.3 Å². The number of nitrogens with one attached hydrogen (secondary N) is 1. The molecule has 0 aliphatic carbocycles. The summed E-state index contributed by atoms with van der Waals surface area (Å²) in [6.07, 6.45) is 2.30. The maximum absolute atomic E-state index is 11.8. The molecule has 28 heavy (non-hydrogen) atoms. The zero-order chi connectivity index (χ0) is 19.9. The van der Waals surface area contributed by atoms with Gasteiger partial charge in [-0.2, -0.15) is 0 Å². The van der Waals surface area contributed by atoms with Crippen molar-refractivity contribution < 1.29 is 27.1 Å². The van der Waals surface area contributed by atoms with Gasteiger partial charge in [-0.1, -0.05) is 18.2 Å². The van der Waals surface area contributed by atoms with Crippen molar-refractivity contribution in [3.8, 4) is 5.75 Å². The van der Waals surface area contributed by atoms with Crippen LogP contribution in [0.4, 0.5) is 8.78 Å². The van der Waals surface area contributed by atoms with Crippen molar-refractivity contribution in [2.24, 2.45) is 0 Å². The van der Waals surface area contributed by atoms with Crippen molar-refractivity contribution in [3.05, 3.63) is 62.9 Å². The SMILES string of the molecule is FCF.O=c1ccn(C2CCC(COP3OCc4ccccc4O3)O2)c(=O)[nH]1. The van der Waals surface area contributed by atoms with E-state index in [9.17, 15) is 18.4 Å². The van der Waals surface area contributed by atoms with Gasteiger partial charge in [-0.15, -0.1) is 0 Å². The molecule has 2 aliphatic heterocycles. The number of aromatic nitrogens is 2. The number of nitrogens with zero attached hydrogens (tertiary/aromatic N) is 1. The Morgan fingerprint density at radius 3 is 2.79 bits per heavy atom. The minimum absolute atomic E-state index is 0.157. The lowest BCUT2D eigenvalue weighted by atomic mass is 10.2. The van der Waals surface area contributed by atoms with Crippen molar-refractivity contribution in [1.29, 1.82) is 0 Å². The molecule has 1 aromatic heterocycles. The van der Waals surface area contributed by atoms with E-state index in [1.807, 2.05) is 24.3 Å². The maximum Gasteiger partial charge on any atom is 0.397 e. The number of rotatable bonds is 4. The van der Waals surface area contributed by atoms with Crippen LogP contribution in [0.2, 0.25) is 0 Å². The Hall–Kier alpha value is -2.13. The fraction of sp³-hybridized carbons (Fsp3) is 0.412. The van der Waals surface area contributed by atoms with Crippen LogP contribution >= 0.6 is 8.60 Å². The zero-order valence-electron chi connectivity index (χ0n) is 14.8. The van der Waals surface area contributed by atoms with Crippen LogP contribution in [0.1, 0.15) is 24.6 Å². The van der Waals surface area contributed by atoms with E-state index < -0.39 is 33.0 Å². The van der Waals surface area contributed by atoms with Crippen LogP contribution in [0.25, 0.3) is 0 Å². The Labute approximate surface area is 160 Å². The Balaban J connectivity index is 0.000000706. The number of halogens is 2. The summed E-state index contributed by atoms with van der Waals surface area (Å²) in [4.78, 5) is 25.2. The molecule has 0 radical (unpaired) electrons. The summed E-state index contributed by atoms with van der Waals surface area (Å²) in [5.41, 5.74) is 0.104. The summed E-state index contributed by atoms with van der Waals surface area (Å²) in [6.45, 7) is -0.967. The highest BCUT2D eigenvalue weighted by molar-refractivity contribution is 7.42. The largest absolute Gasteiger partial charge is 0.426 e. The fourth-order valence-corrected chi connectivity index (χ4v) is 3.87. The third-order valence-electron chi connectivity index (χ3n) is 4.08. The molecule has 2 aliphatic rings. The topological polar surface area (TPSA) is 91.8 Å². The first kappa shape index (κ1) is 20.6. The summed E-state index contributed by atoms with van der Waals surface area (Å²) in [7, 11) is -1.45. The first-order chi connectivity index (χ1) is 13.6. The first-order valence-electron chi connectivity index (χ1n) is 8.51. The average molecular weight is 416 g/mol. The van der Waals surface area contributed by atoms with Gasteiger partial charge >= 0.3 is 14.3 Å². The molecule has 11 heteroatoms. The van der Waals surface area contributed by atoms with Crippen LogP contribution in [-0.2, 0) is 20.4 Å². The molecule has 0 bridgehead atoms. The van der Waals surface area contributed by atoms with Crippen LogP contribution in [0.5, 0.6) is 5.75 Å². The molecule has 4 rings (SSSR count). The van der Waals surface area contributed by atoms with Crippen molar-refractivity contribution >= 4 is 8.60 Å². The molecular weight excluding hydrogens is 397 g/mol. The van der Waals surface area contributed by atoms with E-state index in [4.69, 9.17) is 18.3 Å². The number of para-hydroxylation sites is 1. The van der Waals surface area contributed by atoms with Crippen LogP contribution in [0.3, 0.4) is 0 Å². The second-order valence-corrected chi connectivity index (χ2v) is 7.05. The molecule has 3 atom stereocenters. The lowest BCUT2D eigenvalue weighted by Crippen LogP contribution is -2.31. The molecule has 0 spiro atoms. The highest BCUT2D eigenvalue weighted by Gasteiger charge is 2.30.